The molecule has 2 aromatic carbocycles. The third-order valence-corrected chi connectivity index (χ3v) is 3.73. The zero-order chi connectivity index (χ0) is 16.8. The molecule has 0 fully saturated rings. The minimum absolute atomic E-state index is 0.0238. The van der Waals surface area contributed by atoms with Crippen molar-refractivity contribution in [2.75, 3.05) is 11.9 Å². The van der Waals surface area contributed by atoms with E-state index in [1.165, 1.54) is 28.8 Å². The van der Waals surface area contributed by atoms with Gasteiger partial charge in [-0.05, 0) is 49.6 Å². The third-order valence-electron chi connectivity index (χ3n) is 3.73. The zero-order valence-corrected chi connectivity index (χ0v) is 13.9. The van der Waals surface area contributed by atoms with Crippen LogP contribution in [0.4, 0.5) is 10.1 Å². The number of anilines is 1. The second kappa shape index (κ2) is 7.77. The van der Waals surface area contributed by atoms with Crippen LogP contribution in [0.15, 0.2) is 36.4 Å². The smallest absolute Gasteiger partial charge is 0.222 e. The summed E-state index contributed by atoms with van der Waals surface area (Å²) >= 11 is 0. The van der Waals surface area contributed by atoms with Gasteiger partial charge in [0.25, 0.3) is 0 Å². The Labute approximate surface area is 136 Å². The van der Waals surface area contributed by atoms with Crippen molar-refractivity contribution in [1.82, 2.24) is 5.32 Å². The normalized spacial score (nSPS) is 10.4. The molecule has 0 atom stereocenters. The minimum Gasteiger partial charge on any atom is -0.384 e. The number of amides is 1. The molecule has 4 heteroatoms. The van der Waals surface area contributed by atoms with Crippen molar-refractivity contribution in [2.45, 2.75) is 33.7 Å². The molecule has 0 spiro atoms. The van der Waals surface area contributed by atoms with Crippen LogP contribution in [0.5, 0.6) is 0 Å². The van der Waals surface area contributed by atoms with Gasteiger partial charge in [-0.3, -0.25) is 4.79 Å². The van der Waals surface area contributed by atoms with Crippen LogP contribution in [0.2, 0.25) is 0 Å². The van der Waals surface area contributed by atoms with Crippen molar-refractivity contribution in [3.63, 3.8) is 0 Å². The van der Waals surface area contributed by atoms with Gasteiger partial charge in [-0.2, -0.15) is 0 Å². The second-order valence-corrected chi connectivity index (χ2v) is 5.85. The summed E-state index contributed by atoms with van der Waals surface area (Å²) in [5, 5.41) is 6.18. The Kier molecular flexibility index (Phi) is 5.74. The topological polar surface area (TPSA) is 41.1 Å². The Balaban J connectivity index is 1.78. The van der Waals surface area contributed by atoms with E-state index in [0.717, 1.165) is 11.3 Å². The summed E-state index contributed by atoms with van der Waals surface area (Å²) in [5.41, 5.74) is 5.60. The van der Waals surface area contributed by atoms with Crippen molar-refractivity contribution >= 4 is 11.6 Å². The van der Waals surface area contributed by atoms with Crippen LogP contribution in [0.25, 0.3) is 0 Å². The molecule has 0 saturated heterocycles. The number of halogens is 1. The van der Waals surface area contributed by atoms with E-state index in [1.54, 1.807) is 12.1 Å². The van der Waals surface area contributed by atoms with Crippen LogP contribution in [-0.4, -0.2) is 12.5 Å². The van der Waals surface area contributed by atoms with Gasteiger partial charge in [0, 0.05) is 25.2 Å². The lowest BCUT2D eigenvalue weighted by Crippen LogP contribution is -2.25. The van der Waals surface area contributed by atoms with Crippen molar-refractivity contribution in [3.05, 3.63) is 64.5 Å². The molecule has 2 aromatic rings. The van der Waals surface area contributed by atoms with Gasteiger partial charge in [-0.15, -0.1) is 0 Å². The number of nitrogens with one attached hydrogen (secondary N) is 2. The molecule has 0 radical (unpaired) electrons. The quantitative estimate of drug-likeness (QED) is 0.850. The predicted octanol–water partition coefficient (Wildman–Crippen LogP) is 3.87. The molecule has 0 aliphatic rings. The van der Waals surface area contributed by atoms with E-state index in [-0.39, 0.29) is 11.7 Å². The Hall–Kier alpha value is -2.36. The molecular formula is C19H23FN2O. The fraction of sp³-hybridized carbons (Fsp3) is 0.316. The molecule has 0 saturated carbocycles. The van der Waals surface area contributed by atoms with E-state index in [1.807, 2.05) is 0 Å². The molecule has 0 unspecified atom stereocenters. The number of hydrogen-bond acceptors (Lipinski definition) is 2. The number of carbonyl (C=O) groups excluding carboxylic acids is 1. The van der Waals surface area contributed by atoms with Gasteiger partial charge in [0.15, 0.2) is 0 Å². The van der Waals surface area contributed by atoms with E-state index in [9.17, 15) is 9.18 Å². The molecule has 2 N–H and O–H groups in total. The maximum Gasteiger partial charge on any atom is 0.222 e. The lowest BCUT2D eigenvalue weighted by atomic mass is 10.1. The first-order valence-corrected chi connectivity index (χ1v) is 7.78. The highest BCUT2D eigenvalue weighted by atomic mass is 19.1. The Morgan fingerprint density at radius 2 is 1.65 bits per heavy atom. The van der Waals surface area contributed by atoms with Gasteiger partial charge in [-0.1, -0.05) is 29.8 Å². The van der Waals surface area contributed by atoms with E-state index < -0.39 is 0 Å². The Morgan fingerprint density at radius 3 is 2.26 bits per heavy atom. The van der Waals surface area contributed by atoms with Crippen LogP contribution in [0.3, 0.4) is 0 Å². The molecule has 0 aliphatic carbocycles. The summed E-state index contributed by atoms with van der Waals surface area (Å²) in [7, 11) is 0. The van der Waals surface area contributed by atoms with Gasteiger partial charge < -0.3 is 10.6 Å². The number of carbonyl (C=O) groups is 1. The monoisotopic (exact) mass is 314 g/mol. The Morgan fingerprint density at radius 1 is 1.04 bits per heavy atom. The maximum absolute atomic E-state index is 12.8. The van der Waals surface area contributed by atoms with E-state index in [0.29, 0.717) is 19.5 Å². The SMILES string of the molecule is Cc1cc(C)c(NCCC(=O)NCc2ccc(F)cc2)c(C)c1. The lowest BCUT2D eigenvalue weighted by Gasteiger charge is -2.14. The summed E-state index contributed by atoms with van der Waals surface area (Å²) in [6, 6.07) is 10.4. The molecule has 3 nitrogen and oxygen atoms in total. The highest BCUT2D eigenvalue weighted by Gasteiger charge is 2.05. The second-order valence-electron chi connectivity index (χ2n) is 5.85. The van der Waals surface area contributed by atoms with Crippen molar-refractivity contribution in [1.29, 1.82) is 0 Å². The van der Waals surface area contributed by atoms with E-state index in [2.05, 4.69) is 43.5 Å². The molecule has 122 valence electrons. The van der Waals surface area contributed by atoms with Crippen molar-refractivity contribution < 1.29 is 9.18 Å². The number of hydrogen-bond donors (Lipinski definition) is 2. The zero-order valence-electron chi connectivity index (χ0n) is 13.9. The standard InChI is InChI=1S/C19H23FN2O/c1-13-10-14(2)19(15(3)11-13)21-9-8-18(23)22-12-16-4-6-17(20)7-5-16/h4-7,10-11,21H,8-9,12H2,1-3H3,(H,22,23). The average Bonchev–Trinajstić information content (AvgIpc) is 2.49. The largest absolute Gasteiger partial charge is 0.384 e. The summed E-state index contributed by atoms with van der Waals surface area (Å²) in [4.78, 5) is 11.9. The highest BCUT2D eigenvalue weighted by molar-refractivity contribution is 5.76. The van der Waals surface area contributed by atoms with Crippen molar-refractivity contribution in [3.8, 4) is 0 Å². The molecular weight excluding hydrogens is 291 g/mol. The first-order chi connectivity index (χ1) is 11.0. The van der Waals surface area contributed by atoms with Gasteiger partial charge in [-0.25, -0.2) is 4.39 Å². The number of rotatable bonds is 6. The third kappa shape index (κ3) is 5.09. The van der Waals surface area contributed by atoms with Gasteiger partial charge in [0.2, 0.25) is 5.91 Å². The predicted molar refractivity (Wildman–Crippen MR) is 92.0 cm³/mol. The average molecular weight is 314 g/mol. The number of benzene rings is 2. The molecule has 0 aromatic heterocycles. The summed E-state index contributed by atoms with van der Waals surface area (Å²) in [6.07, 6.45) is 0.397. The number of aryl methyl sites for hydroxylation is 3. The van der Waals surface area contributed by atoms with Crippen LogP contribution in [0.1, 0.15) is 28.7 Å². The summed E-state index contributed by atoms with van der Waals surface area (Å²) in [6.45, 7) is 7.21. The van der Waals surface area contributed by atoms with E-state index >= 15 is 0 Å². The first kappa shape index (κ1) is 17.0. The molecule has 1 amide bonds. The molecule has 0 heterocycles. The fourth-order valence-corrected chi connectivity index (χ4v) is 2.65. The molecule has 0 aliphatic heterocycles. The summed E-state index contributed by atoms with van der Waals surface area (Å²) < 4.78 is 12.8. The van der Waals surface area contributed by atoms with Crippen LogP contribution < -0.4 is 10.6 Å². The van der Waals surface area contributed by atoms with E-state index in [4.69, 9.17) is 0 Å². The fourth-order valence-electron chi connectivity index (χ4n) is 2.65. The van der Waals surface area contributed by atoms with Crippen molar-refractivity contribution in [2.24, 2.45) is 0 Å². The van der Waals surface area contributed by atoms with Gasteiger partial charge >= 0.3 is 0 Å². The maximum atomic E-state index is 12.8. The molecule has 23 heavy (non-hydrogen) atoms. The van der Waals surface area contributed by atoms with Crippen LogP contribution in [-0.2, 0) is 11.3 Å². The lowest BCUT2D eigenvalue weighted by molar-refractivity contribution is -0.121. The summed E-state index contributed by atoms with van der Waals surface area (Å²) in [5.74, 6) is -0.294. The van der Waals surface area contributed by atoms with Gasteiger partial charge in [0.1, 0.15) is 5.82 Å². The molecule has 0 bridgehead atoms. The molecule has 2 rings (SSSR count). The minimum atomic E-state index is -0.270. The first-order valence-electron chi connectivity index (χ1n) is 7.78. The van der Waals surface area contributed by atoms with Crippen LogP contribution in [0, 0.1) is 26.6 Å². The van der Waals surface area contributed by atoms with Gasteiger partial charge in [0.05, 0.1) is 0 Å². The highest BCUT2D eigenvalue weighted by Crippen LogP contribution is 2.21. The Bertz CT molecular complexity index is 657. The van der Waals surface area contributed by atoms with Crippen LogP contribution >= 0.6 is 0 Å².